The number of benzene rings is 1. The summed E-state index contributed by atoms with van der Waals surface area (Å²) in [5, 5.41) is 2.91. The van der Waals surface area contributed by atoms with Crippen LogP contribution in [-0.4, -0.2) is 51.2 Å². The average Bonchev–Trinajstić information content (AvgIpc) is 2.87. The highest BCUT2D eigenvalue weighted by molar-refractivity contribution is 7.92. The van der Waals surface area contributed by atoms with Crippen LogP contribution in [0.4, 0.5) is 5.69 Å². The first-order valence-corrected chi connectivity index (χ1v) is 11.3. The molecule has 0 atom stereocenters. The molecule has 6 nitrogen and oxygen atoms in total. The van der Waals surface area contributed by atoms with Gasteiger partial charge in [-0.2, -0.15) is 0 Å². The van der Waals surface area contributed by atoms with E-state index in [2.05, 4.69) is 14.9 Å². The minimum absolute atomic E-state index is 0.0405. The normalized spacial score (nSPS) is 16.0. The molecular formula is C19H31N3O3S. The Labute approximate surface area is 157 Å². The van der Waals surface area contributed by atoms with Gasteiger partial charge in [0.1, 0.15) is 0 Å². The molecule has 1 aromatic carbocycles. The Balaban J connectivity index is 1.85. The van der Waals surface area contributed by atoms with Crippen molar-refractivity contribution in [3.63, 3.8) is 0 Å². The van der Waals surface area contributed by atoms with E-state index in [9.17, 15) is 13.2 Å². The third kappa shape index (κ3) is 6.96. The molecule has 0 saturated carbocycles. The Morgan fingerprint density at radius 3 is 2.50 bits per heavy atom. The summed E-state index contributed by atoms with van der Waals surface area (Å²) in [5.74, 6) is -0.200. The number of likely N-dealkylation sites (tertiary alicyclic amines) is 1. The summed E-state index contributed by atoms with van der Waals surface area (Å²) in [6, 6.07) is 6.73. The number of rotatable bonds is 9. The summed E-state index contributed by atoms with van der Waals surface area (Å²) in [6.45, 7) is 5.69. The molecule has 26 heavy (non-hydrogen) atoms. The second kappa shape index (κ2) is 10.5. The number of nitrogens with one attached hydrogen (secondary N) is 2. The van der Waals surface area contributed by atoms with Gasteiger partial charge in [-0.15, -0.1) is 0 Å². The lowest BCUT2D eigenvalue weighted by Gasteiger charge is -2.19. The van der Waals surface area contributed by atoms with Crippen molar-refractivity contribution in [2.75, 3.05) is 36.7 Å². The molecule has 2 rings (SSSR count). The lowest BCUT2D eigenvalue weighted by Crippen LogP contribution is -2.31. The highest BCUT2D eigenvalue weighted by atomic mass is 32.2. The number of hydrogen-bond acceptors (Lipinski definition) is 4. The van der Waals surface area contributed by atoms with E-state index in [0.717, 1.165) is 26.1 Å². The fraction of sp³-hybridized carbons (Fsp3) is 0.632. The summed E-state index contributed by atoms with van der Waals surface area (Å²) in [4.78, 5) is 14.9. The summed E-state index contributed by atoms with van der Waals surface area (Å²) < 4.78 is 26.5. The molecule has 1 amide bonds. The van der Waals surface area contributed by atoms with Gasteiger partial charge in [-0.25, -0.2) is 8.42 Å². The monoisotopic (exact) mass is 381 g/mol. The van der Waals surface area contributed by atoms with E-state index in [1.807, 2.05) is 6.92 Å². The molecule has 1 fully saturated rings. The van der Waals surface area contributed by atoms with Crippen LogP contribution in [0.2, 0.25) is 0 Å². The van der Waals surface area contributed by atoms with Crippen LogP contribution in [0.25, 0.3) is 0 Å². The number of sulfonamides is 1. The van der Waals surface area contributed by atoms with Gasteiger partial charge in [-0.1, -0.05) is 31.9 Å². The van der Waals surface area contributed by atoms with Crippen molar-refractivity contribution in [2.24, 2.45) is 0 Å². The lowest BCUT2D eigenvalue weighted by atomic mass is 10.1. The third-order valence-corrected chi connectivity index (χ3v) is 6.02. The van der Waals surface area contributed by atoms with Crippen molar-refractivity contribution in [2.45, 2.75) is 45.4 Å². The van der Waals surface area contributed by atoms with Gasteiger partial charge in [0.25, 0.3) is 5.91 Å². The van der Waals surface area contributed by atoms with Gasteiger partial charge < -0.3 is 10.2 Å². The van der Waals surface area contributed by atoms with Crippen LogP contribution < -0.4 is 10.0 Å². The lowest BCUT2D eigenvalue weighted by molar-refractivity contribution is 0.0952. The fourth-order valence-electron chi connectivity index (χ4n) is 3.22. The van der Waals surface area contributed by atoms with Gasteiger partial charge in [0.05, 0.1) is 17.0 Å². The maximum Gasteiger partial charge on any atom is 0.253 e. The van der Waals surface area contributed by atoms with E-state index in [-0.39, 0.29) is 11.7 Å². The number of amides is 1. The van der Waals surface area contributed by atoms with E-state index in [4.69, 9.17) is 0 Å². The molecule has 0 aromatic heterocycles. The Bertz CT molecular complexity index is 668. The summed E-state index contributed by atoms with van der Waals surface area (Å²) in [5.41, 5.74) is 0.702. The zero-order chi connectivity index (χ0) is 18.8. The van der Waals surface area contributed by atoms with Gasteiger partial charge in [-0.3, -0.25) is 9.52 Å². The van der Waals surface area contributed by atoms with Gasteiger partial charge in [0.15, 0.2) is 0 Å². The minimum atomic E-state index is -3.42. The summed E-state index contributed by atoms with van der Waals surface area (Å²) >= 11 is 0. The van der Waals surface area contributed by atoms with Crippen LogP contribution in [-0.2, 0) is 10.0 Å². The minimum Gasteiger partial charge on any atom is -0.352 e. The zero-order valence-corrected chi connectivity index (χ0v) is 16.5. The Morgan fingerprint density at radius 1 is 1.12 bits per heavy atom. The molecule has 0 aliphatic carbocycles. The molecule has 0 unspecified atom stereocenters. The average molecular weight is 382 g/mol. The van der Waals surface area contributed by atoms with Gasteiger partial charge in [0, 0.05) is 6.54 Å². The van der Waals surface area contributed by atoms with Crippen LogP contribution in [0.1, 0.15) is 55.8 Å². The maximum atomic E-state index is 12.5. The summed E-state index contributed by atoms with van der Waals surface area (Å²) in [7, 11) is -3.42. The van der Waals surface area contributed by atoms with Crippen molar-refractivity contribution in [1.29, 1.82) is 0 Å². The molecule has 1 heterocycles. The standard InChI is InChI=1S/C19H31N3O3S/c1-2-16-26(24,25)21-18-11-6-5-10-17(18)19(23)20-12-9-15-22-13-7-3-4-8-14-22/h5-6,10-11,21H,2-4,7-9,12-16H2,1H3,(H,20,23). The molecule has 0 bridgehead atoms. The smallest absolute Gasteiger partial charge is 0.253 e. The van der Waals surface area contributed by atoms with E-state index in [0.29, 0.717) is 24.2 Å². The van der Waals surface area contributed by atoms with Crippen LogP contribution in [0, 0.1) is 0 Å². The van der Waals surface area contributed by atoms with Crippen molar-refractivity contribution < 1.29 is 13.2 Å². The number of nitrogens with zero attached hydrogens (tertiary/aromatic N) is 1. The number of carbonyl (C=O) groups excluding carboxylic acids is 1. The number of para-hydroxylation sites is 1. The second-order valence-electron chi connectivity index (χ2n) is 6.83. The van der Waals surface area contributed by atoms with Gasteiger partial charge in [-0.05, 0) is 57.5 Å². The molecular weight excluding hydrogens is 350 g/mol. The first-order valence-electron chi connectivity index (χ1n) is 9.62. The predicted molar refractivity (Wildman–Crippen MR) is 106 cm³/mol. The molecule has 2 N–H and O–H groups in total. The van der Waals surface area contributed by atoms with E-state index in [1.165, 1.54) is 25.7 Å². The van der Waals surface area contributed by atoms with Crippen LogP contribution in [0.15, 0.2) is 24.3 Å². The fourth-order valence-corrected chi connectivity index (χ4v) is 4.37. The third-order valence-electron chi connectivity index (χ3n) is 4.55. The van der Waals surface area contributed by atoms with Gasteiger partial charge >= 0.3 is 0 Å². The van der Waals surface area contributed by atoms with Crippen molar-refractivity contribution in [1.82, 2.24) is 10.2 Å². The zero-order valence-electron chi connectivity index (χ0n) is 15.7. The molecule has 1 saturated heterocycles. The topological polar surface area (TPSA) is 78.5 Å². The maximum absolute atomic E-state index is 12.5. The van der Waals surface area contributed by atoms with Crippen molar-refractivity contribution in [3.8, 4) is 0 Å². The molecule has 1 aliphatic heterocycles. The first kappa shape index (κ1) is 20.7. The number of hydrogen-bond donors (Lipinski definition) is 2. The molecule has 1 aromatic rings. The summed E-state index contributed by atoms with van der Waals surface area (Å²) in [6.07, 6.45) is 6.58. The van der Waals surface area contributed by atoms with E-state index < -0.39 is 10.0 Å². The molecule has 7 heteroatoms. The SMILES string of the molecule is CCCS(=O)(=O)Nc1ccccc1C(=O)NCCCN1CCCCCC1. The molecule has 146 valence electrons. The quantitative estimate of drug-likeness (QED) is 0.645. The van der Waals surface area contributed by atoms with E-state index in [1.54, 1.807) is 24.3 Å². The van der Waals surface area contributed by atoms with Crippen LogP contribution >= 0.6 is 0 Å². The first-order chi connectivity index (χ1) is 12.5. The van der Waals surface area contributed by atoms with E-state index >= 15 is 0 Å². The van der Waals surface area contributed by atoms with Crippen LogP contribution in [0.3, 0.4) is 0 Å². The molecule has 0 spiro atoms. The number of anilines is 1. The number of carbonyl (C=O) groups is 1. The molecule has 0 radical (unpaired) electrons. The Morgan fingerprint density at radius 2 is 1.81 bits per heavy atom. The largest absolute Gasteiger partial charge is 0.352 e. The highest BCUT2D eigenvalue weighted by Crippen LogP contribution is 2.17. The molecule has 1 aliphatic rings. The second-order valence-corrected chi connectivity index (χ2v) is 8.67. The predicted octanol–water partition coefficient (Wildman–Crippen LogP) is 2.83. The van der Waals surface area contributed by atoms with Crippen molar-refractivity contribution in [3.05, 3.63) is 29.8 Å². The Hall–Kier alpha value is -1.60. The Kier molecular flexibility index (Phi) is 8.38. The van der Waals surface area contributed by atoms with Crippen molar-refractivity contribution >= 4 is 21.6 Å². The van der Waals surface area contributed by atoms with Gasteiger partial charge in [0.2, 0.25) is 10.0 Å². The van der Waals surface area contributed by atoms with Crippen LogP contribution in [0.5, 0.6) is 0 Å². The highest BCUT2D eigenvalue weighted by Gasteiger charge is 2.16.